The van der Waals surface area contributed by atoms with Crippen LogP contribution in [-0.4, -0.2) is 6.18 Å². The molecule has 0 aromatic rings. The second-order valence-electron chi connectivity index (χ2n) is 2.19. The Labute approximate surface area is 69.0 Å². The van der Waals surface area contributed by atoms with Gasteiger partial charge < -0.3 is 0 Å². The van der Waals surface area contributed by atoms with Crippen LogP contribution in [-0.2, 0) is 0 Å². The predicted molar refractivity (Wildman–Crippen MR) is 29.9 cm³/mol. The summed E-state index contributed by atoms with van der Waals surface area (Å²) in [7, 11) is 0. The molecule has 0 amide bonds. The maximum absolute atomic E-state index is 12.2. The van der Waals surface area contributed by atoms with Gasteiger partial charge in [-0.05, 0) is 6.92 Å². The molecule has 0 spiro atoms. The Kier molecular flexibility index (Phi) is 3.74. The van der Waals surface area contributed by atoms with Crippen LogP contribution in [0.3, 0.4) is 0 Å². The van der Waals surface area contributed by atoms with E-state index in [1.165, 1.54) is 0 Å². The lowest BCUT2D eigenvalue weighted by Crippen LogP contribution is -2.21. The van der Waals surface area contributed by atoms with Gasteiger partial charge in [-0.3, -0.25) is 0 Å². The topological polar surface area (TPSA) is 0 Å². The van der Waals surface area contributed by atoms with E-state index in [9.17, 15) is 30.7 Å². The summed E-state index contributed by atoms with van der Waals surface area (Å²) in [4.78, 5) is 0. The van der Waals surface area contributed by atoms with Crippen LogP contribution in [0.4, 0.5) is 30.7 Å². The SMILES string of the molecule is CC(/C(F)=C(\F)[C](F)F)C(F)(F)F. The summed E-state index contributed by atoms with van der Waals surface area (Å²) in [6.45, 7) is 0.248. The third kappa shape index (κ3) is 3.23. The van der Waals surface area contributed by atoms with Crippen molar-refractivity contribution in [1.82, 2.24) is 0 Å². The van der Waals surface area contributed by atoms with Crippen LogP contribution in [0.2, 0.25) is 0 Å². The molecule has 0 aliphatic rings. The fraction of sp³-hybridized carbons (Fsp3) is 0.500. The number of alkyl halides is 3. The van der Waals surface area contributed by atoms with Crippen molar-refractivity contribution in [3.8, 4) is 0 Å². The molecule has 0 aromatic carbocycles. The number of hydrogen-bond acceptors (Lipinski definition) is 0. The minimum absolute atomic E-state index is 0.248. The van der Waals surface area contributed by atoms with Crippen LogP contribution in [0.25, 0.3) is 0 Å². The second kappa shape index (κ2) is 3.97. The highest BCUT2D eigenvalue weighted by Gasteiger charge is 2.42. The Bertz CT molecular complexity index is 202. The zero-order valence-electron chi connectivity index (χ0n) is 6.22. The molecule has 0 saturated heterocycles. The summed E-state index contributed by atoms with van der Waals surface area (Å²) >= 11 is 0. The van der Waals surface area contributed by atoms with E-state index in [1.807, 2.05) is 0 Å². The molecule has 0 aliphatic carbocycles. The lowest BCUT2D eigenvalue weighted by atomic mass is 10.1. The molecule has 7 heteroatoms. The first-order valence-corrected chi connectivity index (χ1v) is 2.98. The molecule has 0 bridgehead atoms. The molecule has 0 aromatic heterocycles. The van der Waals surface area contributed by atoms with Gasteiger partial charge in [0.1, 0.15) is 11.7 Å². The van der Waals surface area contributed by atoms with Gasteiger partial charge in [-0.25, -0.2) is 8.78 Å². The van der Waals surface area contributed by atoms with E-state index in [0.29, 0.717) is 0 Å². The van der Waals surface area contributed by atoms with Crippen molar-refractivity contribution in [3.05, 3.63) is 18.1 Å². The van der Waals surface area contributed by atoms with Crippen molar-refractivity contribution in [2.24, 2.45) is 5.92 Å². The van der Waals surface area contributed by atoms with Crippen LogP contribution in [0.5, 0.6) is 0 Å². The van der Waals surface area contributed by atoms with Gasteiger partial charge in [0, 0.05) is 0 Å². The molecule has 0 heterocycles. The summed E-state index contributed by atoms with van der Waals surface area (Å²) in [6.07, 6.45) is -8.18. The van der Waals surface area contributed by atoms with E-state index < -0.39 is 30.2 Å². The van der Waals surface area contributed by atoms with Gasteiger partial charge in [0.05, 0.1) is 0 Å². The first kappa shape index (κ1) is 12.2. The predicted octanol–water partition coefficient (Wildman–Crippen LogP) is 3.76. The average Bonchev–Trinajstić information content (AvgIpc) is 1.98. The largest absolute Gasteiger partial charge is 0.397 e. The molecule has 13 heavy (non-hydrogen) atoms. The summed E-state index contributed by atoms with van der Waals surface area (Å²) in [5.74, 6) is -8.12. The summed E-state index contributed by atoms with van der Waals surface area (Å²) in [5.41, 5.74) is 0. The first-order chi connectivity index (χ1) is 5.68. The molecule has 1 atom stereocenters. The normalized spacial score (nSPS) is 17.3. The van der Waals surface area contributed by atoms with Crippen molar-refractivity contribution >= 4 is 0 Å². The van der Waals surface area contributed by atoms with Gasteiger partial charge in [0.2, 0.25) is 5.83 Å². The van der Waals surface area contributed by atoms with Gasteiger partial charge in [-0.15, -0.1) is 0 Å². The fourth-order valence-electron chi connectivity index (χ4n) is 0.424. The molecular weight excluding hydrogens is 205 g/mol. The average molecular weight is 209 g/mol. The maximum atomic E-state index is 12.2. The third-order valence-electron chi connectivity index (χ3n) is 1.25. The van der Waals surface area contributed by atoms with Crippen molar-refractivity contribution in [2.75, 3.05) is 0 Å². The van der Waals surface area contributed by atoms with Crippen LogP contribution >= 0.6 is 0 Å². The number of hydrogen-bond donors (Lipinski definition) is 0. The minimum Gasteiger partial charge on any atom is -0.208 e. The van der Waals surface area contributed by atoms with E-state index in [4.69, 9.17) is 0 Å². The molecule has 1 unspecified atom stereocenters. The van der Waals surface area contributed by atoms with Gasteiger partial charge in [0.15, 0.2) is 0 Å². The lowest BCUT2D eigenvalue weighted by molar-refractivity contribution is -0.164. The van der Waals surface area contributed by atoms with E-state index in [0.717, 1.165) is 0 Å². The smallest absolute Gasteiger partial charge is 0.208 e. The zero-order valence-corrected chi connectivity index (χ0v) is 6.22. The molecule has 1 radical (unpaired) electrons. The molecule has 0 rings (SSSR count). The van der Waals surface area contributed by atoms with Gasteiger partial charge >= 0.3 is 12.6 Å². The van der Waals surface area contributed by atoms with E-state index in [1.54, 1.807) is 0 Å². The van der Waals surface area contributed by atoms with Gasteiger partial charge in [0.25, 0.3) is 0 Å². The molecule has 0 fully saturated rings. The molecule has 0 N–H and O–H groups in total. The quantitative estimate of drug-likeness (QED) is 0.607. The van der Waals surface area contributed by atoms with Gasteiger partial charge in [-0.2, -0.15) is 22.0 Å². The number of halogens is 7. The summed E-state index contributed by atoms with van der Waals surface area (Å²) in [5, 5.41) is 0. The Morgan fingerprint density at radius 2 is 1.38 bits per heavy atom. The summed E-state index contributed by atoms with van der Waals surface area (Å²) < 4.78 is 81.6. The van der Waals surface area contributed by atoms with Crippen LogP contribution in [0, 0.1) is 12.3 Å². The highest BCUT2D eigenvalue weighted by atomic mass is 19.4. The van der Waals surface area contributed by atoms with Crippen molar-refractivity contribution in [2.45, 2.75) is 13.1 Å². The van der Waals surface area contributed by atoms with Crippen LogP contribution in [0.15, 0.2) is 11.7 Å². The summed E-state index contributed by atoms with van der Waals surface area (Å²) in [6, 6.07) is 0. The highest BCUT2D eigenvalue weighted by Crippen LogP contribution is 2.36. The first-order valence-electron chi connectivity index (χ1n) is 2.98. The molecule has 0 saturated carbocycles. The van der Waals surface area contributed by atoms with Crippen molar-refractivity contribution in [3.63, 3.8) is 0 Å². The second-order valence-corrected chi connectivity index (χ2v) is 2.19. The van der Waals surface area contributed by atoms with E-state index in [2.05, 4.69) is 0 Å². The Morgan fingerprint density at radius 3 is 1.62 bits per heavy atom. The Hall–Kier alpha value is -0.750. The molecular formula is C6H4F7. The highest BCUT2D eigenvalue weighted by molar-refractivity contribution is 5.13. The number of rotatable bonds is 2. The van der Waals surface area contributed by atoms with Crippen LogP contribution in [0.1, 0.15) is 6.92 Å². The standard InChI is InChI=1S/C6H4F7/c1-2(6(11,12)13)3(7)4(8)5(9)10/h2H,1H3/b4-3+. The van der Waals surface area contributed by atoms with E-state index in [-0.39, 0.29) is 6.92 Å². The Balaban J connectivity index is 4.78. The zero-order chi connectivity index (χ0) is 10.8. The lowest BCUT2D eigenvalue weighted by Gasteiger charge is -2.13. The monoisotopic (exact) mass is 209 g/mol. The van der Waals surface area contributed by atoms with Gasteiger partial charge in [-0.1, -0.05) is 0 Å². The van der Waals surface area contributed by atoms with Crippen molar-refractivity contribution < 1.29 is 30.7 Å². The fourth-order valence-corrected chi connectivity index (χ4v) is 0.424. The molecule has 0 nitrogen and oxygen atoms in total. The van der Waals surface area contributed by atoms with E-state index >= 15 is 0 Å². The maximum Gasteiger partial charge on any atom is 0.397 e. The van der Waals surface area contributed by atoms with Crippen LogP contribution < -0.4 is 0 Å². The minimum atomic E-state index is -5.07. The molecule has 77 valence electrons. The van der Waals surface area contributed by atoms with Crippen molar-refractivity contribution in [1.29, 1.82) is 0 Å². The number of allylic oxidation sites excluding steroid dienone is 2. The third-order valence-corrected chi connectivity index (χ3v) is 1.25. The Morgan fingerprint density at radius 1 is 1.00 bits per heavy atom. The molecule has 0 aliphatic heterocycles.